The molecule has 0 radical (unpaired) electrons. The summed E-state index contributed by atoms with van der Waals surface area (Å²) < 4.78 is 7.95. The van der Waals surface area contributed by atoms with Gasteiger partial charge in [0.05, 0.1) is 0 Å². The average molecular weight is 383 g/mol. The molecule has 1 fully saturated rings. The van der Waals surface area contributed by atoms with E-state index in [-0.39, 0.29) is 5.91 Å². The standard InChI is InChI=1S/C24H34N2O2/c1-4-12-26(5-2)24(27)19-7-9-23-21(16-19)20-15-18(6-8-22(20)25(23)3)17-10-13-28-14-11-17/h7,9,16-18H,4-6,8,10-15H2,1-3H3. The van der Waals surface area contributed by atoms with E-state index in [9.17, 15) is 4.79 Å². The van der Waals surface area contributed by atoms with Crippen LogP contribution in [-0.4, -0.2) is 41.7 Å². The lowest BCUT2D eigenvalue weighted by Crippen LogP contribution is -2.31. The fourth-order valence-corrected chi connectivity index (χ4v) is 5.38. The molecule has 0 N–H and O–H groups in total. The quantitative estimate of drug-likeness (QED) is 0.758. The Labute approximate surface area is 168 Å². The number of carbonyl (C=O) groups is 1. The summed E-state index contributed by atoms with van der Waals surface area (Å²) in [5.41, 5.74) is 5.08. The van der Waals surface area contributed by atoms with Gasteiger partial charge in [-0.15, -0.1) is 0 Å². The zero-order chi connectivity index (χ0) is 19.7. The maximum Gasteiger partial charge on any atom is 0.253 e. The Hall–Kier alpha value is -1.81. The van der Waals surface area contributed by atoms with Crippen LogP contribution in [0.4, 0.5) is 0 Å². The summed E-state index contributed by atoms with van der Waals surface area (Å²) in [6.07, 6.45) is 7.00. The van der Waals surface area contributed by atoms with Gasteiger partial charge in [-0.05, 0) is 81.0 Å². The molecule has 4 nitrogen and oxygen atoms in total. The topological polar surface area (TPSA) is 34.5 Å². The van der Waals surface area contributed by atoms with Crippen molar-refractivity contribution in [1.82, 2.24) is 9.47 Å². The van der Waals surface area contributed by atoms with Crippen molar-refractivity contribution in [3.8, 4) is 0 Å². The minimum absolute atomic E-state index is 0.167. The number of ether oxygens (including phenoxy) is 1. The second-order valence-corrected chi connectivity index (χ2v) is 8.55. The molecule has 1 amide bonds. The number of hydrogen-bond acceptors (Lipinski definition) is 2. The van der Waals surface area contributed by atoms with E-state index in [1.807, 2.05) is 11.0 Å². The highest BCUT2D eigenvalue weighted by Gasteiger charge is 2.31. The van der Waals surface area contributed by atoms with Crippen molar-refractivity contribution < 1.29 is 9.53 Å². The lowest BCUT2D eigenvalue weighted by molar-refractivity contribution is 0.0439. The van der Waals surface area contributed by atoms with Crippen LogP contribution in [0.2, 0.25) is 0 Å². The summed E-state index contributed by atoms with van der Waals surface area (Å²) in [4.78, 5) is 15.0. The number of aryl methyl sites for hydroxylation is 1. The number of nitrogens with zero attached hydrogens (tertiary/aromatic N) is 2. The molecule has 2 aliphatic rings. The molecule has 152 valence electrons. The van der Waals surface area contributed by atoms with Crippen LogP contribution >= 0.6 is 0 Å². The highest BCUT2D eigenvalue weighted by molar-refractivity contribution is 5.99. The van der Waals surface area contributed by atoms with Gasteiger partial charge in [-0.2, -0.15) is 0 Å². The Bertz CT molecular complexity index is 848. The van der Waals surface area contributed by atoms with E-state index < -0.39 is 0 Å². The fraction of sp³-hybridized carbons (Fsp3) is 0.625. The van der Waals surface area contributed by atoms with Crippen LogP contribution in [0.5, 0.6) is 0 Å². The molecule has 1 unspecified atom stereocenters. The van der Waals surface area contributed by atoms with Crippen molar-refractivity contribution in [3.05, 3.63) is 35.0 Å². The molecule has 0 bridgehead atoms. The van der Waals surface area contributed by atoms with E-state index in [0.717, 1.165) is 63.0 Å². The Morgan fingerprint density at radius 3 is 2.68 bits per heavy atom. The van der Waals surface area contributed by atoms with E-state index in [0.29, 0.717) is 0 Å². The fourth-order valence-electron chi connectivity index (χ4n) is 5.38. The average Bonchev–Trinajstić information content (AvgIpc) is 3.03. The number of aromatic nitrogens is 1. The molecular formula is C24H34N2O2. The van der Waals surface area contributed by atoms with Gasteiger partial charge in [-0.3, -0.25) is 4.79 Å². The maximum absolute atomic E-state index is 13.0. The summed E-state index contributed by atoms with van der Waals surface area (Å²) in [6.45, 7) is 7.63. The Morgan fingerprint density at radius 2 is 1.96 bits per heavy atom. The van der Waals surface area contributed by atoms with Crippen LogP contribution in [0.25, 0.3) is 10.9 Å². The zero-order valence-corrected chi connectivity index (χ0v) is 17.7. The van der Waals surface area contributed by atoms with Crippen LogP contribution in [0.3, 0.4) is 0 Å². The smallest absolute Gasteiger partial charge is 0.253 e. The van der Waals surface area contributed by atoms with Crippen molar-refractivity contribution in [2.75, 3.05) is 26.3 Å². The van der Waals surface area contributed by atoms with Gasteiger partial charge in [0.15, 0.2) is 0 Å². The van der Waals surface area contributed by atoms with Crippen molar-refractivity contribution in [2.45, 2.75) is 52.4 Å². The van der Waals surface area contributed by atoms with Gasteiger partial charge in [0.25, 0.3) is 5.91 Å². The Morgan fingerprint density at radius 1 is 1.18 bits per heavy atom. The monoisotopic (exact) mass is 382 g/mol. The van der Waals surface area contributed by atoms with Crippen LogP contribution in [-0.2, 0) is 24.6 Å². The second kappa shape index (κ2) is 8.28. The minimum atomic E-state index is 0.167. The molecule has 1 saturated heterocycles. The molecule has 1 aliphatic heterocycles. The number of amides is 1. The third-order valence-corrected chi connectivity index (χ3v) is 7.00. The van der Waals surface area contributed by atoms with Gasteiger partial charge >= 0.3 is 0 Å². The van der Waals surface area contributed by atoms with Gasteiger partial charge in [0, 0.05) is 55.5 Å². The summed E-state index contributed by atoms with van der Waals surface area (Å²) in [5, 5.41) is 1.30. The van der Waals surface area contributed by atoms with E-state index in [1.165, 1.54) is 41.4 Å². The van der Waals surface area contributed by atoms with Crippen LogP contribution in [0, 0.1) is 11.8 Å². The summed E-state index contributed by atoms with van der Waals surface area (Å²) in [5.74, 6) is 1.72. The first kappa shape index (κ1) is 19.5. The lowest BCUT2D eigenvalue weighted by atomic mass is 9.75. The number of fused-ring (bicyclic) bond motifs is 3. The van der Waals surface area contributed by atoms with Crippen LogP contribution in [0.1, 0.15) is 61.1 Å². The molecule has 2 heterocycles. The molecule has 28 heavy (non-hydrogen) atoms. The van der Waals surface area contributed by atoms with Crippen LogP contribution < -0.4 is 0 Å². The molecule has 4 rings (SSSR count). The van der Waals surface area contributed by atoms with E-state index >= 15 is 0 Å². The largest absolute Gasteiger partial charge is 0.381 e. The van der Waals surface area contributed by atoms with Gasteiger partial charge in [0.2, 0.25) is 0 Å². The lowest BCUT2D eigenvalue weighted by Gasteiger charge is -2.33. The predicted octanol–water partition coefficient (Wildman–Crippen LogP) is 4.58. The molecule has 1 atom stereocenters. The number of hydrogen-bond donors (Lipinski definition) is 0. The number of benzene rings is 1. The molecule has 1 aromatic carbocycles. The predicted molar refractivity (Wildman–Crippen MR) is 114 cm³/mol. The minimum Gasteiger partial charge on any atom is -0.381 e. The number of carbonyl (C=O) groups excluding carboxylic acids is 1. The Balaban J connectivity index is 1.67. The first-order valence-electron chi connectivity index (χ1n) is 11.1. The van der Waals surface area contributed by atoms with E-state index in [4.69, 9.17) is 4.74 Å². The van der Waals surface area contributed by atoms with E-state index in [1.54, 1.807) is 0 Å². The number of rotatable bonds is 5. The van der Waals surface area contributed by atoms with Crippen molar-refractivity contribution in [2.24, 2.45) is 18.9 Å². The first-order chi connectivity index (χ1) is 13.6. The third-order valence-electron chi connectivity index (χ3n) is 7.00. The molecule has 2 aromatic rings. The highest BCUT2D eigenvalue weighted by Crippen LogP contribution is 2.39. The molecular weight excluding hydrogens is 348 g/mol. The summed E-state index contributed by atoms with van der Waals surface area (Å²) in [7, 11) is 2.19. The SMILES string of the molecule is CCCN(CC)C(=O)c1ccc2c(c1)c1c(n2C)CCC(C2CCOCC2)C1. The van der Waals surface area contributed by atoms with Crippen molar-refractivity contribution in [1.29, 1.82) is 0 Å². The van der Waals surface area contributed by atoms with Gasteiger partial charge in [-0.1, -0.05) is 6.92 Å². The molecule has 0 spiro atoms. The molecule has 4 heteroatoms. The summed E-state index contributed by atoms with van der Waals surface area (Å²) >= 11 is 0. The maximum atomic E-state index is 13.0. The van der Waals surface area contributed by atoms with Gasteiger partial charge < -0.3 is 14.2 Å². The molecule has 1 aromatic heterocycles. The third kappa shape index (κ3) is 3.47. The first-order valence-corrected chi connectivity index (χ1v) is 11.1. The van der Waals surface area contributed by atoms with Crippen LogP contribution in [0.15, 0.2) is 18.2 Å². The second-order valence-electron chi connectivity index (χ2n) is 8.55. The van der Waals surface area contributed by atoms with Crippen molar-refractivity contribution >= 4 is 16.8 Å². The van der Waals surface area contributed by atoms with Gasteiger partial charge in [0.1, 0.15) is 0 Å². The molecule has 0 saturated carbocycles. The summed E-state index contributed by atoms with van der Waals surface area (Å²) in [6, 6.07) is 6.34. The molecule has 1 aliphatic carbocycles. The zero-order valence-electron chi connectivity index (χ0n) is 17.7. The van der Waals surface area contributed by atoms with Gasteiger partial charge in [-0.25, -0.2) is 0 Å². The highest BCUT2D eigenvalue weighted by atomic mass is 16.5. The van der Waals surface area contributed by atoms with Crippen molar-refractivity contribution in [3.63, 3.8) is 0 Å². The normalized spacial score (nSPS) is 20.3. The van der Waals surface area contributed by atoms with E-state index in [2.05, 4.69) is 37.6 Å². The Kier molecular flexibility index (Phi) is 5.77.